The minimum absolute atomic E-state index is 0.0295. The fraction of sp³-hybridized carbons (Fsp3) is 0.273. The number of benzene rings is 1. The quantitative estimate of drug-likeness (QED) is 0.773. The number of allylic oxidation sites excluding steroid dienone is 3. The summed E-state index contributed by atoms with van der Waals surface area (Å²) in [6.45, 7) is 4.63. The molecule has 1 unspecified atom stereocenters. The number of fused-ring (bicyclic) bond motifs is 1. The lowest BCUT2D eigenvalue weighted by molar-refractivity contribution is -0.121. The number of nitrogens with one attached hydrogen (secondary N) is 2. The fourth-order valence-electron chi connectivity index (χ4n) is 3.49. The first-order valence-corrected chi connectivity index (χ1v) is 9.60. The van der Waals surface area contributed by atoms with Gasteiger partial charge in [0.05, 0.1) is 24.8 Å². The molecule has 0 radical (unpaired) electrons. The number of anilines is 1. The summed E-state index contributed by atoms with van der Waals surface area (Å²) in [6.07, 6.45) is 6.43. The molecule has 0 spiro atoms. The molecule has 7 heteroatoms. The Bertz CT molecular complexity index is 1010. The molecule has 0 bridgehead atoms. The number of amidine groups is 1. The molecule has 0 aromatic heterocycles. The molecule has 7 nitrogen and oxygen atoms in total. The first kappa shape index (κ1) is 18.9. The Kier molecular flexibility index (Phi) is 4.88. The maximum absolute atomic E-state index is 12.7. The predicted octanol–water partition coefficient (Wildman–Crippen LogP) is 2.76. The van der Waals surface area contributed by atoms with Crippen LogP contribution in [-0.4, -0.2) is 36.4 Å². The van der Waals surface area contributed by atoms with Crippen molar-refractivity contribution in [3.8, 4) is 5.75 Å². The Morgan fingerprint density at radius 3 is 2.72 bits per heavy atom. The first-order chi connectivity index (χ1) is 14.0. The van der Waals surface area contributed by atoms with E-state index in [4.69, 9.17) is 10.1 Å². The maximum Gasteiger partial charge on any atom is 0.238 e. The number of ketones is 1. The van der Waals surface area contributed by atoms with Crippen LogP contribution in [0.3, 0.4) is 0 Å². The summed E-state index contributed by atoms with van der Waals surface area (Å²) in [5.74, 6) is -0.0119. The van der Waals surface area contributed by atoms with Crippen molar-refractivity contribution in [2.45, 2.75) is 20.3 Å². The average Bonchev–Trinajstić information content (AvgIpc) is 3.01. The number of nitrogens with zero attached hydrogens (tertiary/aromatic N) is 2. The van der Waals surface area contributed by atoms with E-state index in [2.05, 4.69) is 10.3 Å². The lowest BCUT2D eigenvalue weighted by Crippen LogP contribution is -2.40. The van der Waals surface area contributed by atoms with Gasteiger partial charge in [0, 0.05) is 5.69 Å². The van der Waals surface area contributed by atoms with Crippen LogP contribution in [0, 0.1) is 11.3 Å². The van der Waals surface area contributed by atoms with Crippen LogP contribution in [0.15, 0.2) is 64.5 Å². The number of carbonyl (C=O) groups excluding carboxylic acids is 2. The van der Waals surface area contributed by atoms with Gasteiger partial charge in [0.25, 0.3) is 0 Å². The van der Waals surface area contributed by atoms with Crippen molar-refractivity contribution in [2.24, 2.45) is 10.9 Å². The molecule has 1 amide bonds. The van der Waals surface area contributed by atoms with E-state index in [1.54, 1.807) is 11.0 Å². The van der Waals surface area contributed by atoms with Gasteiger partial charge in [-0.05, 0) is 43.7 Å². The van der Waals surface area contributed by atoms with Crippen molar-refractivity contribution in [1.29, 1.82) is 5.41 Å². The second-order valence-corrected chi connectivity index (χ2v) is 7.17. The second kappa shape index (κ2) is 7.50. The zero-order chi connectivity index (χ0) is 20.5. The first-order valence-electron chi connectivity index (χ1n) is 9.60. The highest BCUT2D eigenvalue weighted by Crippen LogP contribution is 2.29. The van der Waals surface area contributed by atoms with Gasteiger partial charge in [0.1, 0.15) is 23.0 Å². The van der Waals surface area contributed by atoms with Crippen LogP contribution in [-0.2, 0) is 9.59 Å². The third kappa shape index (κ3) is 3.51. The van der Waals surface area contributed by atoms with E-state index in [0.29, 0.717) is 18.0 Å². The third-order valence-corrected chi connectivity index (χ3v) is 4.98. The molecular formula is C22H22N4O3. The number of ether oxygens (including phenoxy) is 1. The van der Waals surface area contributed by atoms with Crippen molar-refractivity contribution in [3.63, 3.8) is 0 Å². The molecule has 4 rings (SSSR count). The minimum Gasteiger partial charge on any atom is -0.494 e. The van der Waals surface area contributed by atoms with E-state index in [1.165, 1.54) is 0 Å². The van der Waals surface area contributed by atoms with Crippen LogP contribution in [0.1, 0.15) is 20.3 Å². The Balaban J connectivity index is 1.63. The summed E-state index contributed by atoms with van der Waals surface area (Å²) in [7, 11) is 0. The Morgan fingerprint density at radius 2 is 2.00 bits per heavy atom. The van der Waals surface area contributed by atoms with Gasteiger partial charge in [-0.15, -0.1) is 0 Å². The number of amides is 1. The maximum atomic E-state index is 12.7. The van der Waals surface area contributed by atoms with Crippen LogP contribution in [0.4, 0.5) is 5.69 Å². The molecule has 1 aromatic rings. The zero-order valence-corrected chi connectivity index (χ0v) is 16.4. The number of aliphatic imine (C=N–C) groups is 1. The van der Waals surface area contributed by atoms with Gasteiger partial charge in [-0.3, -0.25) is 15.0 Å². The Labute approximate surface area is 169 Å². The molecule has 1 aromatic carbocycles. The van der Waals surface area contributed by atoms with Gasteiger partial charge in [0.2, 0.25) is 5.91 Å². The van der Waals surface area contributed by atoms with Gasteiger partial charge in [-0.2, -0.15) is 0 Å². The molecule has 3 aliphatic rings. The van der Waals surface area contributed by atoms with Gasteiger partial charge >= 0.3 is 0 Å². The Hall–Kier alpha value is -3.48. The molecule has 2 heterocycles. The number of Topliss-reactive ketones (excluding diaryl/α,β-unsaturated/α-hetero) is 1. The number of hydrogen-bond acceptors (Lipinski definition) is 5. The van der Waals surface area contributed by atoms with Gasteiger partial charge in [0.15, 0.2) is 5.78 Å². The van der Waals surface area contributed by atoms with Gasteiger partial charge in [-0.1, -0.05) is 24.6 Å². The second-order valence-electron chi connectivity index (χ2n) is 7.17. The van der Waals surface area contributed by atoms with E-state index < -0.39 is 5.92 Å². The van der Waals surface area contributed by atoms with Crippen LogP contribution in [0.2, 0.25) is 0 Å². The van der Waals surface area contributed by atoms with Crippen LogP contribution in [0.25, 0.3) is 0 Å². The summed E-state index contributed by atoms with van der Waals surface area (Å²) >= 11 is 0. The normalized spacial score (nSPS) is 23.6. The molecular weight excluding hydrogens is 368 g/mol. The molecule has 1 aliphatic carbocycles. The van der Waals surface area contributed by atoms with Crippen molar-refractivity contribution in [2.75, 3.05) is 18.1 Å². The number of carbonyl (C=O) groups is 2. The summed E-state index contributed by atoms with van der Waals surface area (Å²) in [5, 5.41) is 11.2. The zero-order valence-electron chi connectivity index (χ0n) is 16.4. The molecule has 2 aliphatic heterocycles. The Morgan fingerprint density at radius 1 is 1.24 bits per heavy atom. The molecule has 0 saturated carbocycles. The molecule has 148 valence electrons. The molecule has 1 fully saturated rings. The molecule has 29 heavy (non-hydrogen) atoms. The van der Waals surface area contributed by atoms with E-state index in [1.807, 2.05) is 50.3 Å². The monoisotopic (exact) mass is 390 g/mol. The van der Waals surface area contributed by atoms with Crippen molar-refractivity contribution < 1.29 is 14.3 Å². The van der Waals surface area contributed by atoms with E-state index in [9.17, 15) is 9.59 Å². The van der Waals surface area contributed by atoms with Crippen LogP contribution in [0.5, 0.6) is 5.75 Å². The van der Waals surface area contributed by atoms with Crippen molar-refractivity contribution in [3.05, 3.63) is 59.5 Å². The largest absolute Gasteiger partial charge is 0.494 e. The van der Waals surface area contributed by atoms with Gasteiger partial charge in [-0.25, -0.2) is 4.99 Å². The lowest BCUT2D eigenvalue weighted by atomic mass is 9.92. The average molecular weight is 390 g/mol. The molecule has 1 saturated heterocycles. The fourth-order valence-corrected chi connectivity index (χ4v) is 3.49. The molecule has 1 atom stereocenters. The van der Waals surface area contributed by atoms with E-state index in [0.717, 1.165) is 17.7 Å². The van der Waals surface area contributed by atoms with E-state index in [-0.39, 0.29) is 35.5 Å². The molecule has 2 N–H and O–H groups in total. The topological polar surface area (TPSA) is 94.8 Å². The summed E-state index contributed by atoms with van der Waals surface area (Å²) < 4.78 is 5.58. The lowest BCUT2D eigenvalue weighted by Gasteiger charge is -2.24. The highest BCUT2D eigenvalue weighted by molar-refractivity contribution is 6.34. The predicted molar refractivity (Wildman–Crippen MR) is 111 cm³/mol. The van der Waals surface area contributed by atoms with Crippen LogP contribution >= 0.6 is 0 Å². The number of rotatable bonds is 4. The summed E-state index contributed by atoms with van der Waals surface area (Å²) in [4.78, 5) is 31.3. The standard InChI is InChI=1S/C22H22N4O3/c1-3-10-29-15-7-5-14(6-8-15)26-12-18(27)19(20(26)23)21-24-17-9-4-13(2)11-16(17)22(28)25-21/h4-9,11,16,23H,3,10,12H2,1-2H3,(H,25,28)/b21-19-,23-20?. The van der Waals surface area contributed by atoms with Crippen molar-refractivity contribution >= 4 is 28.9 Å². The highest BCUT2D eigenvalue weighted by Gasteiger charge is 2.37. The minimum atomic E-state index is -0.457. The summed E-state index contributed by atoms with van der Waals surface area (Å²) in [5.41, 5.74) is 2.42. The number of hydrogen-bond donors (Lipinski definition) is 2. The highest BCUT2D eigenvalue weighted by atomic mass is 16.5. The van der Waals surface area contributed by atoms with Crippen molar-refractivity contribution in [1.82, 2.24) is 5.32 Å². The third-order valence-electron chi connectivity index (χ3n) is 4.98. The van der Waals surface area contributed by atoms with E-state index >= 15 is 0 Å². The SMILES string of the molecule is CCCOc1ccc(N2CC(=O)/C(=C3\N=C4C=CC(C)=CC4C(=O)N3)C2=N)cc1. The van der Waals surface area contributed by atoms with Crippen LogP contribution < -0.4 is 15.0 Å². The summed E-state index contributed by atoms with van der Waals surface area (Å²) in [6, 6.07) is 7.28. The van der Waals surface area contributed by atoms with Gasteiger partial charge < -0.3 is 15.0 Å². The smallest absolute Gasteiger partial charge is 0.238 e.